The Morgan fingerprint density at radius 2 is 2.22 bits per heavy atom. The van der Waals surface area contributed by atoms with Crippen LogP contribution in [-0.2, 0) is 20.8 Å². The van der Waals surface area contributed by atoms with Gasteiger partial charge in [-0.25, -0.2) is 4.98 Å². The number of fused-ring (bicyclic) bond motifs is 1. The van der Waals surface area contributed by atoms with E-state index in [2.05, 4.69) is 15.3 Å². The number of thiazole rings is 1. The normalized spacial score (nSPS) is 31.5. The van der Waals surface area contributed by atoms with Crippen molar-refractivity contribution in [3.8, 4) is 0 Å². The van der Waals surface area contributed by atoms with Crippen LogP contribution in [0.3, 0.4) is 0 Å². The predicted octanol–water partition coefficient (Wildman–Crippen LogP) is 1.04. The fraction of sp³-hybridized carbons (Fsp3) is 0.750. The molecule has 4 heterocycles. The summed E-state index contributed by atoms with van der Waals surface area (Å²) in [5, 5.41) is 3.24. The lowest BCUT2D eigenvalue weighted by atomic mass is 10.1. The Morgan fingerprint density at radius 1 is 1.39 bits per heavy atom. The Morgan fingerprint density at radius 3 is 2.96 bits per heavy atom. The number of ether oxygens (including phenoxy) is 2. The van der Waals surface area contributed by atoms with Crippen LogP contribution in [0.1, 0.15) is 23.5 Å². The minimum atomic E-state index is -0.275. The molecule has 0 spiro atoms. The molecule has 126 valence electrons. The van der Waals surface area contributed by atoms with Crippen LogP contribution in [0.4, 0.5) is 0 Å². The minimum absolute atomic E-state index is 0.146. The molecule has 1 aromatic rings. The third-order valence-corrected chi connectivity index (χ3v) is 5.85. The topological polar surface area (TPSA) is 54.9 Å². The van der Waals surface area contributed by atoms with Gasteiger partial charge in [0.25, 0.3) is 5.91 Å². The highest BCUT2D eigenvalue weighted by atomic mass is 32.1. The Hall–Kier alpha value is -1.02. The molecular weight excluding hydrogens is 314 g/mol. The first-order chi connectivity index (χ1) is 11.2. The number of amides is 1. The number of morpholine rings is 1. The van der Waals surface area contributed by atoms with Gasteiger partial charge in [0, 0.05) is 44.0 Å². The summed E-state index contributed by atoms with van der Waals surface area (Å²) in [5.41, 5.74) is 1.14. The molecule has 7 heteroatoms. The monoisotopic (exact) mass is 337 g/mol. The van der Waals surface area contributed by atoms with Crippen molar-refractivity contribution in [2.45, 2.75) is 44.6 Å². The molecule has 0 N–H and O–H groups in total. The summed E-state index contributed by atoms with van der Waals surface area (Å²) in [6, 6.07) is 0.354. The van der Waals surface area contributed by atoms with Crippen molar-refractivity contribution in [3.63, 3.8) is 0 Å². The number of nitrogens with zero attached hydrogens (tertiary/aromatic N) is 3. The van der Waals surface area contributed by atoms with Gasteiger partial charge >= 0.3 is 0 Å². The van der Waals surface area contributed by atoms with Crippen LogP contribution in [-0.4, -0.2) is 71.8 Å². The minimum Gasteiger partial charge on any atom is -0.378 e. The Balaban J connectivity index is 1.37. The van der Waals surface area contributed by atoms with E-state index in [0.29, 0.717) is 32.3 Å². The van der Waals surface area contributed by atoms with Crippen molar-refractivity contribution in [1.29, 1.82) is 0 Å². The van der Waals surface area contributed by atoms with Crippen LogP contribution < -0.4 is 0 Å². The standard InChI is InChI=1S/C16H23N3O3S/c1-11-17-12(10-23-11)9-19-3-2-14-13(19)8-15(22-14)16(20)18-4-6-21-7-5-18/h10,13-15H,2-9H2,1H3/t13-,14-,15+/m0/s1. The van der Waals surface area contributed by atoms with Crippen molar-refractivity contribution < 1.29 is 14.3 Å². The highest BCUT2D eigenvalue weighted by molar-refractivity contribution is 7.09. The maximum atomic E-state index is 12.6. The highest BCUT2D eigenvalue weighted by Crippen LogP contribution is 2.34. The summed E-state index contributed by atoms with van der Waals surface area (Å²) >= 11 is 1.70. The van der Waals surface area contributed by atoms with Crippen LogP contribution >= 0.6 is 11.3 Å². The number of hydrogen-bond acceptors (Lipinski definition) is 6. The van der Waals surface area contributed by atoms with Crippen molar-refractivity contribution in [2.75, 3.05) is 32.8 Å². The van der Waals surface area contributed by atoms with E-state index in [1.54, 1.807) is 11.3 Å². The van der Waals surface area contributed by atoms with Gasteiger partial charge in [0.2, 0.25) is 0 Å². The van der Waals surface area contributed by atoms with E-state index in [1.807, 2.05) is 11.8 Å². The molecule has 0 aromatic carbocycles. The lowest BCUT2D eigenvalue weighted by Gasteiger charge is -2.29. The summed E-state index contributed by atoms with van der Waals surface area (Å²) < 4.78 is 11.4. The number of likely N-dealkylation sites (tertiary alicyclic amines) is 1. The molecule has 3 aliphatic rings. The first-order valence-corrected chi connectivity index (χ1v) is 9.26. The SMILES string of the molecule is Cc1nc(CN2CC[C@@H]3O[C@@H](C(=O)N4CCOCC4)C[C@@H]32)cs1. The number of aryl methyl sites for hydroxylation is 1. The molecule has 6 nitrogen and oxygen atoms in total. The molecule has 0 saturated carbocycles. The lowest BCUT2D eigenvalue weighted by Crippen LogP contribution is -2.46. The molecule has 3 saturated heterocycles. The van der Waals surface area contributed by atoms with Crippen molar-refractivity contribution in [2.24, 2.45) is 0 Å². The number of rotatable bonds is 3. The van der Waals surface area contributed by atoms with Gasteiger partial charge in [-0.15, -0.1) is 11.3 Å². The predicted molar refractivity (Wildman–Crippen MR) is 86.3 cm³/mol. The second-order valence-electron chi connectivity index (χ2n) is 6.52. The van der Waals surface area contributed by atoms with Gasteiger partial charge in [-0.1, -0.05) is 0 Å². The molecule has 1 aromatic heterocycles. The highest BCUT2D eigenvalue weighted by Gasteiger charge is 2.46. The van der Waals surface area contributed by atoms with Gasteiger partial charge in [-0.05, 0) is 13.3 Å². The molecule has 3 atom stereocenters. The molecule has 3 fully saturated rings. The smallest absolute Gasteiger partial charge is 0.251 e. The van der Waals surface area contributed by atoms with Crippen LogP contribution in [0.2, 0.25) is 0 Å². The van der Waals surface area contributed by atoms with Gasteiger partial charge in [-0.3, -0.25) is 9.69 Å². The Bertz CT molecular complexity index is 573. The van der Waals surface area contributed by atoms with E-state index in [9.17, 15) is 4.79 Å². The van der Waals surface area contributed by atoms with Crippen molar-refractivity contribution in [3.05, 3.63) is 16.1 Å². The Labute approximate surface area is 140 Å². The maximum Gasteiger partial charge on any atom is 0.251 e. The van der Waals surface area contributed by atoms with Crippen LogP contribution in [0.5, 0.6) is 0 Å². The summed E-state index contributed by atoms with van der Waals surface area (Å²) in [6.07, 6.45) is 1.75. The lowest BCUT2D eigenvalue weighted by molar-refractivity contribution is -0.146. The number of aromatic nitrogens is 1. The zero-order valence-electron chi connectivity index (χ0n) is 13.4. The molecule has 23 heavy (non-hydrogen) atoms. The molecule has 0 bridgehead atoms. The molecule has 1 amide bonds. The quantitative estimate of drug-likeness (QED) is 0.825. The third kappa shape index (κ3) is 3.15. The average Bonchev–Trinajstić information content (AvgIpc) is 3.25. The summed E-state index contributed by atoms with van der Waals surface area (Å²) in [5.74, 6) is 0.146. The first kappa shape index (κ1) is 15.5. The number of carbonyl (C=O) groups excluding carboxylic acids is 1. The van der Waals surface area contributed by atoms with Crippen LogP contribution in [0, 0.1) is 6.92 Å². The molecule has 0 unspecified atom stereocenters. The Kier molecular flexibility index (Phi) is 4.36. The van der Waals surface area contributed by atoms with Gasteiger partial charge in [0.15, 0.2) is 0 Å². The molecule has 0 aliphatic carbocycles. The third-order valence-electron chi connectivity index (χ3n) is 5.02. The van der Waals surface area contributed by atoms with Crippen molar-refractivity contribution in [1.82, 2.24) is 14.8 Å². The number of hydrogen-bond donors (Lipinski definition) is 0. The van der Waals surface area contributed by atoms with E-state index < -0.39 is 0 Å². The van der Waals surface area contributed by atoms with Gasteiger partial charge < -0.3 is 14.4 Å². The fourth-order valence-electron chi connectivity index (χ4n) is 3.86. The number of carbonyl (C=O) groups is 1. The average molecular weight is 337 g/mol. The second kappa shape index (κ2) is 6.47. The zero-order valence-corrected chi connectivity index (χ0v) is 14.3. The van der Waals surface area contributed by atoms with Crippen molar-refractivity contribution >= 4 is 17.2 Å². The summed E-state index contributed by atoms with van der Waals surface area (Å²) in [4.78, 5) is 21.5. The van der Waals surface area contributed by atoms with E-state index in [0.717, 1.165) is 36.6 Å². The van der Waals surface area contributed by atoms with E-state index in [1.165, 1.54) is 0 Å². The fourth-order valence-corrected chi connectivity index (χ4v) is 4.47. The maximum absolute atomic E-state index is 12.6. The molecule has 0 radical (unpaired) electrons. The largest absolute Gasteiger partial charge is 0.378 e. The zero-order chi connectivity index (χ0) is 15.8. The second-order valence-corrected chi connectivity index (χ2v) is 7.58. The van der Waals surface area contributed by atoms with Gasteiger partial charge in [-0.2, -0.15) is 0 Å². The van der Waals surface area contributed by atoms with Crippen LogP contribution in [0.25, 0.3) is 0 Å². The molecule has 3 aliphatic heterocycles. The summed E-state index contributed by atoms with van der Waals surface area (Å²) in [7, 11) is 0. The van der Waals surface area contributed by atoms with E-state index in [-0.39, 0.29) is 18.1 Å². The van der Waals surface area contributed by atoms with Crippen LogP contribution in [0.15, 0.2) is 5.38 Å². The van der Waals surface area contributed by atoms with Gasteiger partial charge in [0.05, 0.1) is 30.0 Å². The molecule has 4 rings (SSSR count). The van der Waals surface area contributed by atoms with E-state index >= 15 is 0 Å². The molecular formula is C16H23N3O3S. The van der Waals surface area contributed by atoms with Gasteiger partial charge in [0.1, 0.15) is 6.10 Å². The summed E-state index contributed by atoms with van der Waals surface area (Å²) in [6.45, 7) is 6.60. The van der Waals surface area contributed by atoms with E-state index in [4.69, 9.17) is 9.47 Å². The first-order valence-electron chi connectivity index (χ1n) is 8.38.